The number of rotatable bonds is 6. The van der Waals surface area contributed by atoms with Crippen molar-refractivity contribution in [2.75, 3.05) is 13.1 Å². The summed E-state index contributed by atoms with van der Waals surface area (Å²) in [5.41, 5.74) is 1.87. The minimum Gasteiger partial charge on any atom is -0.352 e. The first-order chi connectivity index (χ1) is 12.1. The molecule has 0 spiro atoms. The topological polar surface area (TPSA) is 32.3 Å². The largest absolute Gasteiger partial charge is 0.352 e. The average molecular weight is 405 g/mol. The quantitative estimate of drug-likeness (QED) is 0.791. The number of carbonyl (C=O) groups excluding carboxylic acids is 1. The normalized spacial score (nSPS) is 17.6. The summed E-state index contributed by atoms with van der Waals surface area (Å²) in [7, 11) is 0. The minimum absolute atomic E-state index is 0.00567. The molecule has 1 N–H and O–H groups in total. The van der Waals surface area contributed by atoms with Crippen LogP contribution in [-0.4, -0.2) is 29.9 Å². The molecule has 0 aliphatic carbocycles. The predicted molar refractivity (Wildman–Crippen MR) is 101 cm³/mol. The SMILES string of the molecule is O=C(CCc1ccc(Br)cc1F)NC1CCN(Cc2ccccc2)C1. The van der Waals surface area contributed by atoms with Crippen molar-refractivity contribution in [1.82, 2.24) is 10.2 Å². The number of amides is 1. The van der Waals surface area contributed by atoms with E-state index in [9.17, 15) is 9.18 Å². The van der Waals surface area contributed by atoms with Crippen LogP contribution in [0.15, 0.2) is 53.0 Å². The Labute approximate surface area is 156 Å². The maximum Gasteiger partial charge on any atom is 0.220 e. The van der Waals surface area contributed by atoms with E-state index in [1.54, 1.807) is 12.1 Å². The molecule has 25 heavy (non-hydrogen) atoms. The Kier molecular flexibility index (Phi) is 6.21. The molecule has 132 valence electrons. The molecule has 2 aromatic carbocycles. The molecule has 0 aromatic heterocycles. The number of halogens is 2. The molecule has 1 unspecified atom stereocenters. The van der Waals surface area contributed by atoms with Crippen LogP contribution in [0.4, 0.5) is 4.39 Å². The third-order valence-electron chi connectivity index (χ3n) is 4.52. The molecule has 0 bridgehead atoms. The van der Waals surface area contributed by atoms with Crippen LogP contribution in [0.3, 0.4) is 0 Å². The lowest BCUT2D eigenvalue weighted by molar-refractivity contribution is -0.121. The number of hydrogen-bond acceptors (Lipinski definition) is 2. The fraction of sp³-hybridized carbons (Fsp3) is 0.350. The van der Waals surface area contributed by atoms with Gasteiger partial charge in [0.2, 0.25) is 5.91 Å². The highest BCUT2D eigenvalue weighted by atomic mass is 79.9. The molecular weight excluding hydrogens is 383 g/mol. The van der Waals surface area contributed by atoms with E-state index < -0.39 is 0 Å². The number of benzene rings is 2. The number of hydrogen-bond donors (Lipinski definition) is 1. The lowest BCUT2D eigenvalue weighted by atomic mass is 10.1. The Bertz CT molecular complexity index is 723. The summed E-state index contributed by atoms with van der Waals surface area (Å²) in [5, 5.41) is 3.08. The third-order valence-corrected chi connectivity index (χ3v) is 5.02. The van der Waals surface area contributed by atoms with Crippen LogP contribution in [0, 0.1) is 5.82 Å². The van der Waals surface area contributed by atoms with Gasteiger partial charge >= 0.3 is 0 Å². The van der Waals surface area contributed by atoms with Crippen molar-refractivity contribution >= 4 is 21.8 Å². The summed E-state index contributed by atoms with van der Waals surface area (Å²) < 4.78 is 14.5. The van der Waals surface area contributed by atoms with Gasteiger partial charge in [0.25, 0.3) is 0 Å². The Morgan fingerprint density at radius 2 is 2.04 bits per heavy atom. The van der Waals surface area contributed by atoms with Gasteiger partial charge in [-0.2, -0.15) is 0 Å². The van der Waals surface area contributed by atoms with E-state index >= 15 is 0 Å². The summed E-state index contributed by atoms with van der Waals surface area (Å²) in [6.45, 7) is 2.77. The van der Waals surface area contributed by atoms with E-state index in [-0.39, 0.29) is 17.8 Å². The highest BCUT2D eigenvalue weighted by Crippen LogP contribution is 2.17. The second-order valence-corrected chi connectivity index (χ2v) is 7.43. The van der Waals surface area contributed by atoms with Crippen molar-refractivity contribution in [2.24, 2.45) is 0 Å². The molecule has 3 nitrogen and oxygen atoms in total. The third kappa shape index (κ3) is 5.38. The van der Waals surface area contributed by atoms with Crippen LogP contribution in [0.2, 0.25) is 0 Å². The second kappa shape index (κ2) is 8.59. The standard InChI is InChI=1S/C20H22BrFN2O/c21-17-8-6-16(19(22)12-17)7-9-20(25)23-18-10-11-24(14-18)13-15-4-2-1-3-5-15/h1-6,8,12,18H,7,9-11,13-14H2,(H,23,25). The molecule has 2 aromatic rings. The average Bonchev–Trinajstić information content (AvgIpc) is 3.02. The maximum absolute atomic E-state index is 13.8. The monoisotopic (exact) mass is 404 g/mol. The Morgan fingerprint density at radius 1 is 1.24 bits per heavy atom. The smallest absolute Gasteiger partial charge is 0.220 e. The van der Waals surface area contributed by atoms with Crippen molar-refractivity contribution in [3.63, 3.8) is 0 Å². The Morgan fingerprint density at radius 3 is 2.80 bits per heavy atom. The van der Waals surface area contributed by atoms with Gasteiger partial charge in [-0.3, -0.25) is 9.69 Å². The zero-order chi connectivity index (χ0) is 17.6. The van der Waals surface area contributed by atoms with Crippen molar-refractivity contribution in [1.29, 1.82) is 0 Å². The van der Waals surface area contributed by atoms with Crippen LogP contribution >= 0.6 is 15.9 Å². The van der Waals surface area contributed by atoms with Crippen molar-refractivity contribution in [3.05, 3.63) is 69.9 Å². The Hall–Kier alpha value is -1.72. The van der Waals surface area contributed by atoms with Gasteiger partial charge in [-0.25, -0.2) is 4.39 Å². The zero-order valence-corrected chi connectivity index (χ0v) is 15.6. The van der Waals surface area contributed by atoms with Crippen LogP contribution in [-0.2, 0) is 17.8 Å². The lowest BCUT2D eigenvalue weighted by Gasteiger charge is -2.17. The highest BCUT2D eigenvalue weighted by Gasteiger charge is 2.23. The summed E-state index contributed by atoms with van der Waals surface area (Å²) in [6, 6.07) is 15.5. The second-order valence-electron chi connectivity index (χ2n) is 6.51. The van der Waals surface area contributed by atoms with Gasteiger partial charge in [0.05, 0.1) is 0 Å². The predicted octanol–water partition coefficient (Wildman–Crippen LogP) is 3.91. The molecule has 5 heteroatoms. The number of carbonyl (C=O) groups is 1. The number of likely N-dealkylation sites (tertiary alicyclic amines) is 1. The van der Waals surface area contributed by atoms with E-state index in [2.05, 4.69) is 38.3 Å². The van der Waals surface area contributed by atoms with E-state index in [1.165, 1.54) is 11.6 Å². The van der Waals surface area contributed by atoms with Gasteiger partial charge in [-0.15, -0.1) is 0 Å². The van der Waals surface area contributed by atoms with E-state index in [0.29, 0.717) is 22.9 Å². The lowest BCUT2D eigenvalue weighted by Crippen LogP contribution is -2.37. The molecule has 1 aliphatic heterocycles. The Balaban J connectivity index is 1.43. The summed E-state index contributed by atoms with van der Waals surface area (Å²) >= 11 is 3.24. The first kappa shape index (κ1) is 18.1. The first-order valence-electron chi connectivity index (χ1n) is 8.60. The molecule has 0 radical (unpaired) electrons. The number of nitrogens with one attached hydrogen (secondary N) is 1. The molecule has 1 saturated heterocycles. The fourth-order valence-corrected chi connectivity index (χ4v) is 3.54. The highest BCUT2D eigenvalue weighted by molar-refractivity contribution is 9.10. The number of nitrogens with zero attached hydrogens (tertiary/aromatic N) is 1. The molecule has 1 atom stereocenters. The van der Waals surface area contributed by atoms with Gasteiger partial charge in [0.1, 0.15) is 5.82 Å². The van der Waals surface area contributed by atoms with Crippen molar-refractivity contribution in [2.45, 2.75) is 31.8 Å². The molecule has 1 aliphatic rings. The molecule has 1 heterocycles. The van der Waals surface area contributed by atoms with Gasteiger partial charge < -0.3 is 5.32 Å². The van der Waals surface area contributed by atoms with Crippen LogP contribution in [0.25, 0.3) is 0 Å². The van der Waals surface area contributed by atoms with Gasteiger partial charge in [0, 0.05) is 36.6 Å². The van der Waals surface area contributed by atoms with Gasteiger partial charge in [0.15, 0.2) is 0 Å². The summed E-state index contributed by atoms with van der Waals surface area (Å²) in [4.78, 5) is 14.5. The minimum atomic E-state index is -0.267. The van der Waals surface area contributed by atoms with Crippen LogP contribution in [0.5, 0.6) is 0 Å². The summed E-state index contributed by atoms with van der Waals surface area (Å²) in [5.74, 6) is -0.272. The van der Waals surface area contributed by atoms with Gasteiger partial charge in [-0.05, 0) is 36.1 Å². The molecular formula is C20H22BrFN2O. The molecule has 0 saturated carbocycles. The molecule has 3 rings (SSSR count). The zero-order valence-electron chi connectivity index (χ0n) is 14.1. The van der Waals surface area contributed by atoms with Crippen LogP contribution < -0.4 is 5.32 Å². The van der Waals surface area contributed by atoms with Crippen LogP contribution in [0.1, 0.15) is 24.0 Å². The van der Waals surface area contributed by atoms with Crippen molar-refractivity contribution in [3.8, 4) is 0 Å². The first-order valence-corrected chi connectivity index (χ1v) is 9.39. The molecule has 1 fully saturated rings. The summed E-state index contributed by atoms with van der Waals surface area (Å²) in [6.07, 6.45) is 1.70. The fourth-order valence-electron chi connectivity index (χ4n) is 3.21. The van der Waals surface area contributed by atoms with E-state index in [4.69, 9.17) is 0 Å². The van der Waals surface area contributed by atoms with E-state index in [1.807, 2.05) is 18.2 Å². The van der Waals surface area contributed by atoms with Crippen molar-refractivity contribution < 1.29 is 9.18 Å². The maximum atomic E-state index is 13.8. The number of aryl methyl sites for hydroxylation is 1. The molecule has 1 amide bonds. The van der Waals surface area contributed by atoms with E-state index in [0.717, 1.165) is 26.1 Å². The van der Waals surface area contributed by atoms with Gasteiger partial charge in [-0.1, -0.05) is 52.3 Å².